The van der Waals surface area contributed by atoms with Gasteiger partial charge in [-0.1, -0.05) is 35.9 Å². The molecule has 0 aliphatic rings. The minimum absolute atomic E-state index is 0.0909. The Kier molecular flexibility index (Phi) is 7.12. The quantitative estimate of drug-likeness (QED) is 0.377. The molecule has 9 heteroatoms. The number of sulfonamides is 1. The summed E-state index contributed by atoms with van der Waals surface area (Å²) in [5.41, 5.74) is 4.26. The van der Waals surface area contributed by atoms with E-state index < -0.39 is 22.5 Å². The van der Waals surface area contributed by atoms with Gasteiger partial charge < -0.3 is 10.1 Å². The molecule has 0 atom stereocenters. The zero-order valence-electron chi connectivity index (χ0n) is 20.6. The lowest BCUT2D eigenvalue weighted by Gasteiger charge is -2.24. The smallest absolute Gasteiger partial charge is 0.264 e. The first-order valence-electron chi connectivity index (χ1n) is 11.4. The van der Waals surface area contributed by atoms with Crippen molar-refractivity contribution in [3.05, 3.63) is 95.8 Å². The van der Waals surface area contributed by atoms with E-state index in [1.165, 1.54) is 19.2 Å². The number of carbonyl (C=O) groups is 1. The van der Waals surface area contributed by atoms with Crippen LogP contribution in [-0.2, 0) is 14.8 Å². The van der Waals surface area contributed by atoms with Crippen molar-refractivity contribution < 1.29 is 17.9 Å². The van der Waals surface area contributed by atoms with E-state index in [-0.39, 0.29) is 4.90 Å². The van der Waals surface area contributed by atoms with Gasteiger partial charge in [0.1, 0.15) is 12.3 Å². The van der Waals surface area contributed by atoms with Crippen LogP contribution in [0.25, 0.3) is 5.69 Å². The maximum atomic E-state index is 13.5. The Bertz CT molecular complexity index is 1460. The van der Waals surface area contributed by atoms with E-state index in [4.69, 9.17) is 4.74 Å². The molecular weight excluding hydrogens is 476 g/mol. The van der Waals surface area contributed by atoms with E-state index in [2.05, 4.69) is 10.4 Å². The average Bonchev–Trinajstić information content (AvgIpc) is 3.16. The molecule has 1 N–H and O–H groups in total. The van der Waals surface area contributed by atoms with Gasteiger partial charge in [0.2, 0.25) is 5.91 Å². The van der Waals surface area contributed by atoms with Gasteiger partial charge in [0.15, 0.2) is 0 Å². The minimum Gasteiger partial charge on any atom is -0.497 e. The summed E-state index contributed by atoms with van der Waals surface area (Å²) in [5, 5.41) is 7.45. The third-order valence-corrected chi connectivity index (χ3v) is 7.60. The van der Waals surface area contributed by atoms with Crippen molar-refractivity contribution in [1.29, 1.82) is 0 Å². The van der Waals surface area contributed by atoms with Crippen molar-refractivity contribution >= 4 is 27.3 Å². The average molecular weight is 505 g/mol. The number of ether oxygens (including phenoxy) is 1. The summed E-state index contributed by atoms with van der Waals surface area (Å²) in [5.74, 6) is 0.0926. The highest BCUT2D eigenvalue weighted by Gasteiger charge is 2.28. The van der Waals surface area contributed by atoms with Gasteiger partial charge in [0.05, 0.1) is 40.5 Å². The predicted molar refractivity (Wildman–Crippen MR) is 140 cm³/mol. The van der Waals surface area contributed by atoms with Crippen LogP contribution in [0.4, 0.5) is 11.4 Å². The molecule has 0 unspecified atom stereocenters. The van der Waals surface area contributed by atoms with E-state index >= 15 is 0 Å². The molecule has 0 spiro atoms. The van der Waals surface area contributed by atoms with Crippen LogP contribution in [0.2, 0.25) is 0 Å². The number of hydrogen-bond donors (Lipinski definition) is 1. The number of benzene rings is 3. The van der Waals surface area contributed by atoms with Crippen molar-refractivity contribution in [3.63, 3.8) is 0 Å². The Morgan fingerprint density at radius 3 is 2.19 bits per heavy atom. The van der Waals surface area contributed by atoms with E-state index in [1.54, 1.807) is 54.1 Å². The number of nitrogens with one attached hydrogen (secondary N) is 1. The van der Waals surface area contributed by atoms with Crippen molar-refractivity contribution in [2.75, 3.05) is 23.3 Å². The SMILES string of the molecule is COc1ccc(N(CC(=O)Nc2c(C)nn(-c3ccc(C)cc3)c2C)S(=O)(=O)c2ccccc2)cc1. The Hall–Kier alpha value is -4.11. The molecule has 4 rings (SSSR count). The van der Waals surface area contributed by atoms with Gasteiger partial charge in [0, 0.05) is 0 Å². The fourth-order valence-corrected chi connectivity index (χ4v) is 5.30. The molecular formula is C27H28N4O4S. The molecule has 0 fully saturated rings. The summed E-state index contributed by atoms with van der Waals surface area (Å²) in [4.78, 5) is 13.3. The van der Waals surface area contributed by atoms with Gasteiger partial charge in [0.25, 0.3) is 10.0 Å². The normalized spacial score (nSPS) is 11.2. The molecule has 0 aliphatic carbocycles. The molecule has 0 aliphatic heterocycles. The second-order valence-corrected chi connectivity index (χ2v) is 10.2. The summed E-state index contributed by atoms with van der Waals surface area (Å²) < 4.78 is 35.1. The van der Waals surface area contributed by atoms with E-state index in [0.717, 1.165) is 21.2 Å². The molecule has 0 saturated heterocycles. The molecule has 36 heavy (non-hydrogen) atoms. The monoisotopic (exact) mass is 504 g/mol. The van der Waals surface area contributed by atoms with Crippen LogP contribution in [0.15, 0.2) is 83.8 Å². The summed E-state index contributed by atoms with van der Waals surface area (Å²) in [6.45, 7) is 5.25. The number of amides is 1. The standard InChI is InChI=1S/C27H28N4O4S/c1-19-10-12-23(13-11-19)31-21(3)27(20(2)29-31)28-26(32)18-30(22-14-16-24(35-4)17-15-22)36(33,34)25-8-6-5-7-9-25/h5-17H,18H2,1-4H3,(H,28,32). The van der Waals surface area contributed by atoms with Gasteiger partial charge in [-0.05, 0) is 69.3 Å². The first-order chi connectivity index (χ1) is 17.2. The topological polar surface area (TPSA) is 93.5 Å². The van der Waals surface area contributed by atoms with E-state index in [0.29, 0.717) is 22.8 Å². The Morgan fingerprint density at radius 1 is 0.944 bits per heavy atom. The third kappa shape index (κ3) is 5.11. The van der Waals surface area contributed by atoms with Crippen molar-refractivity contribution in [2.24, 2.45) is 0 Å². The first-order valence-corrected chi connectivity index (χ1v) is 12.8. The lowest BCUT2D eigenvalue weighted by Crippen LogP contribution is -2.38. The number of anilines is 2. The second-order valence-electron chi connectivity index (χ2n) is 8.36. The Morgan fingerprint density at radius 2 is 1.58 bits per heavy atom. The summed E-state index contributed by atoms with van der Waals surface area (Å²) in [7, 11) is -2.48. The van der Waals surface area contributed by atoms with Crippen LogP contribution in [0.3, 0.4) is 0 Å². The highest BCUT2D eigenvalue weighted by molar-refractivity contribution is 7.92. The number of nitrogens with zero attached hydrogens (tertiary/aromatic N) is 3. The summed E-state index contributed by atoms with van der Waals surface area (Å²) in [6, 6.07) is 22.5. The maximum Gasteiger partial charge on any atom is 0.264 e. The maximum absolute atomic E-state index is 13.5. The molecule has 4 aromatic rings. The summed E-state index contributed by atoms with van der Waals surface area (Å²) >= 11 is 0. The molecule has 0 radical (unpaired) electrons. The molecule has 0 bridgehead atoms. The molecule has 8 nitrogen and oxygen atoms in total. The highest BCUT2D eigenvalue weighted by Crippen LogP contribution is 2.27. The number of aromatic nitrogens is 2. The van der Waals surface area contributed by atoms with Crippen molar-refractivity contribution in [1.82, 2.24) is 9.78 Å². The molecule has 1 aromatic heterocycles. The van der Waals surface area contributed by atoms with Crippen LogP contribution in [0.5, 0.6) is 5.75 Å². The number of carbonyl (C=O) groups excluding carboxylic acids is 1. The van der Waals surface area contributed by atoms with Crippen molar-refractivity contribution in [3.8, 4) is 11.4 Å². The van der Waals surface area contributed by atoms with Gasteiger partial charge in [-0.3, -0.25) is 9.10 Å². The van der Waals surface area contributed by atoms with Crippen molar-refractivity contribution in [2.45, 2.75) is 25.7 Å². The molecule has 186 valence electrons. The number of hydrogen-bond acceptors (Lipinski definition) is 5. The number of rotatable bonds is 8. The zero-order chi connectivity index (χ0) is 25.9. The van der Waals surface area contributed by atoms with Gasteiger partial charge in [-0.2, -0.15) is 5.10 Å². The molecule has 1 heterocycles. The minimum atomic E-state index is -4.01. The van der Waals surface area contributed by atoms with Gasteiger partial charge in [-0.25, -0.2) is 13.1 Å². The number of aryl methyl sites for hydroxylation is 2. The van der Waals surface area contributed by atoms with E-state index in [9.17, 15) is 13.2 Å². The Labute approximate surface area is 211 Å². The highest BCUT2D eigenvalue weighted by atomic mass is 32.2. The molecule has 1 amide bonds. The van der Waals surface area contributed by atoms with Crippen LogP contribution in [0.1, 0.15) is 17.0 Å². The molecule has 0 saturated carbocycles. The molecule has 3 aromatic carbocycles. The Balaban J connectivity index is 1.64. The van der Waals surface area contributed by atoms with E-state index in [1.807, 2.05) is 38.1 Å². The van der Waals surface area contributed by atoms with Crippen LogP contribution in [-0.4, -0.2) is 37.8 Å². The second kappa shape index (κ2) is 10.2. The van der Waals surface area contributed by atoms with Crippen LogP contribution in [0, 0.1) is 20.8 Å². The largest absolute Gasteiger partial charge is 0.497 e. The predicted octanol–water partition coefficient (Wildman–Crippen LogP) is 4.64. The van der Waals surface area contributed by atoms with Gasteiger partial charge >= 0.3 is 0 Å². The van der Waals surface area contributed by atoms with Crippen LogP contribution >= 0.6 is 0 Å². The zero-order valence-corrected chi connectivity index (χ0v) is 21.4. The lowest BCUT2D eigenvalue weighted by molar-refractivity contribution is -0.114. The third-order valence-electron chi connectivity index (χ3n) is 5.81. The number of methoxy groups -OCH3 is 1. The fourth-order valence-electron chi connectivity index (χ4n) is 3.85. The lowest BCUT2D eigenvalue weighted by atomic mass is 10.2. The first kappa shape index (κ1) is 25.0. The fraction of sp³-hybridized carbons (Fsp3) is 0.185. The summed E-state index contributed by atoms with van der Waals surface area (Å²) in [6.07, 6.45) is 0. The van der Waals surface area contributed by atoms with Gasteiger partial charge in [-0.15, -0.1) is 0 Å². The van der Waals surface area contributed by atoms with Crippen LogP contribution < -0.4 is 14.4 Å².